The van der Waals surface area contributed by atoms with Crippen LogP contribution in [0, 0.1) is 0 Å². The van der Waals surface area contributed by atoms with E-state index in [0.29, 0.717) is 10.8 Å². The van der Waals surface area contributed by atoms with Crippen molar-refractivity contribution in [2.75, 3.05) is 25.1 Å². The number of thiophene rings is 1. The predicted molar refractivity (Wildman–Crippen MR) is 79.9 cm³/mol. The standard InChI is InChI=1S/C11H20N2O2S3/c1-3-6-12-9-10-4-5-11(17-10)18(14,15)13-7-8-16-2/h4-5,12-13H,3,6-9H2,1-2H3. The summed E-state index contributed by atoms with van der Waals surface area (Å²) >= 11 is 2.95. The molecule has 0 aliphatic carbocycles. The van der Waals surface area contributed by atoms with Crippen LogP contribution < -0.4 is 10.0 Å². The molecule has 1 aromatic rings. The first kappa shape index (κ1) is 16.0. The molecule has 4 nitrogen and oxygen atoms in total. The van der Waals surface area contributed by atoms with E-state index in [0.717, 1.165) is 30.1 Å². The fourth-order valence-electron chi connectivity index (χ4n) is 1.34. The van der Waals surface area contributed by atoms with E-state index in [2.05, 4.69) is 17.0 Å². The van der Waals surface area contributed by atoms with Gasteiger partial charge in [0.15, 0.2) is 0 Å². The lowest BCUT2D eigenvalue weighted by molar-refractivity contribution is 0.586. The molecule has 0 bridgehead atoms. The normalized spacial score (nSPS) is 11.9. The van der Waals surface area contributed by atoms with Crippen molar-refractivity contribution in [3.05, 3.63) is 17.0 Å². The van der Waals surface area contributed by atoms with Crippen LogP contribution in [0.25, 0.3) is 0 Å². The van der Waals surface area contributed by atoms with Gasteiger partial charge >= 0.3 is 0 Å². The van der Waals surface area contributed by atoms with Gasteiger partial charge in [-0.05, 0) is 31.4 Å². The number of thioether (sulfide) groups is 1. The molecule has 1 rings (SSSR count). The fraction of sp³-hybridized carbons (Fsp3) is 0.636. The number of rotatable bonds is 9. The van der Waals surface area contributed by atoms with Gasteiger partial charge in [0.1, 0.15) is 4.21 Å². The zero-order chi connectivity index (χ0) is 13.4. The Bertz CT molecular complexity index is 443. The molecule has 0 spiro atoms. The van der Waals surface area contributed by atoms with E-state index in [-0.39, 0.29) is 0 Å². The van der Waals surface area contributed by atoms with Crippen LogP contribution in [0.15, 0.2) is 16.3 Å². The van der Waals surface area contributed by atoms with E-state index < -0.39 is 10.0 Å². The summed E-state index contributed by atoms with van der Waals surface area (Å²) in [6.45, 7) is 4.27. The Kier molecular flexibility index (Phi) is 7.25. The Morgan fingerprint density at radius 1 is 1.33 bits per heavy atom. The molecule has 1 heterocycles. The molecule has 1 aromatic heterocycles. The summed E-state index contributed by atoms with van der Waals surface area (Å²) in [5, 5.41) is 3.26. The maximum Gasteiger partial charge on any atom is 0.250 e. The van der Waals surface area contributed by atoms with E-state index in [1.807, 2.05) is 12.3 Å². The van der Waals surface area contributed by atoms with Gasteiger partial charge in [0.25, 0.3) is 0 Å². The van der Waals surface area contributed by atoms with Gasteiger partial charge in [0, 0.05) is 23.7 Å². The highest BCUT2D eigenvalue weighted by Crippen LogP contribution is 2.21. The van der Waals surface area contributed by atoms with E-state index in [4.69, 9.17) is 0 Å². The average molecular weight is 308 g/mol. The molecule has 2 N–H and O–H groups in total. The third kappa shape index (κ3) is 5.27. The maximum atomic E-state index is 11.9. The SMILES string of the molecule is CCCNCc1ccc(S(=O)(=O)NCCSC)s1. The van der Waals surface area contributed by atoms with Gasteiger partial charge in [-0.3, -0.25) is 0 Å². The van der Waals surface area contributed by atoms with Crippen LogP contribution >= 0.6 is 23.1 Å². The van der Waals surface area contributed by atoms with Crippen molar-refractivity contribution in [1.82, 2.24) is 10.0 Å². The molecule has 0 atom stereocenters. The third-order valence-electron chi connectivity index (χ3n) is 2.23. The summed E-state index contributed by atoms with van der Waals surface area (Å²) in [4.78, 5) is 1.05. The molecule has 0 amide bonds. The largest absolute Gasteiger partial charge is 0.312 e. The lowest BCUT2D eigenvalue weighted by Crippen LogP contribution is -2.25. The molecule has 104 valence electrons. The van der Waals surface area contributed by atoms with Crippen molar-refractivity contribution < 1.29 is 8.42 Å². The first-order chi connectivity index (χ1) is 8.60. The van der Waals surface area contributed by atoms with Gasteiger partial charge in [0.05, 0.1) is 0 Å². The van der Waals surface area contributed by atoms with E-state index in [9.17, 15) is 8.42 Å². The van der Waals surface area contributed by atoms with Gasteiger partial charge in [-0.1, -0.05) is 6.92 Å². The molecular weight excluding hydrogens is 288 g/mol. The number of nitrogens with one attached hydrogen (secondary N) is 2. The maximum absolute atomic E-state index is 11.9. The second-order valence-electron chi connectivity index (χ2n) is 3.79. The molecule has 18 heavy (non-hydrogen) atoms. The first-order valence-corrected chi connectivity index (χ1v) is 9.57. The highest BCUT2D eigenvalue weighted by atomic mass is 32.2. The van der Waals surface area contributed by atoms with Crippen LogP contribution in [0.3, 0.4) is 0 Å². The van der Waals surface area contributed by atoms with Gasteiger partial charge in [-0.2, -0.15) is 11.8 Å². The first-order valence-electron chi connectivity index (χ1n) is 5.88. The lowest BCUT2D eigenvalue weighted by Gasteiger charge is -2.03. The Balaban J connectivity index is 2.55. The minimum atomic E-state index is -3.31. The summed E-state index contributed by atoms with van der Waals surface area (Å²) in [5.74, 6) is 0.787. The van der Waals surface area contributed by atoms with Crippen LogP contribution in [0.5, 0.6) is 0 Å². The van der Waals surface area contributed by atoms with Crippen LogP contribution in [-0.4, -0.2) is 33.5 Å². The van der Waals surface area contributed by atoms with Crippen molar-refractivity contribution in [3.8, 4) is 0 Å². The Morgan fingerprint density at radius 2 is 2.11 bits per heavy atom. The zero-order valence-corrected chi connectivity index (χ0v) is 13.2. The summed E-state index contributed by atoms with van der Waals surface area (Å²) in [6, 6.07) is 3.55. The van der Waals surface area contributed by atoms with Gasteiger partial charge in [0.2, 0.25) is 10.0 Å². The lowest BCUT2D eigenvalue weighted by atomic mass is 10.4. The molecule has 0 saturated carbocycles. The molecule has 0 saturated heterocycles. The molecule has 0 fully saturated rings. The smallest absolute Gasteiger partial charge is 0.250 e. The second kappa shape index (κ2) is 8.16. The van der Waals surface area contributed by atoms with Crippen molar-refractivity contribution in [2.24, 2.45) is 0 Å². The Hall–Kier alpha value is -0.0800. The topological polar surface area (TPSA) is 58.2 Å². The highest BCUT2D eigenvalue weighted by Gasteiger charge is 2.15. The predicted octanol–water partition coefficient (Wildman–Crippen LogP) is 1.89. The van der Waals surface area contributed by atoms with Crippen LogP contribution in [0.4, 0.5) is 0 Å². The molecule has 0 aliphatic heterocycles. The zero-order valence-electron chi connectivity index (χ0n) is 10.7. The second-order valence-corrected chi connectivity index (χ2v) is 7.94. The molecule has 0 radical (unpaired) electrons. The highest BCUT2D eigenvalue weighted by molar-refractivity contribution is 7.98. The van der Waals surface area contributed by atoms with Crippen LogP contribution in [-0.2, 0) is 16.6 Å². The van der Waals surface area contributed by atoms with E-state index in [1.165, 1.54) is 11.3 Å². The summed E-state index contributed by atoms with van der Waals surface area (Å²) in [5.41, 5.74) is 0. The Morgan fingerprint density at radius 3 is 2.78 bits per heavy atom. The van der Waals surface area contributed by atoms with Crippen molar-refractivity contribution >= 4 is 33.1 Å². The van der Waals surface area contributed by atoms with Crippen LogP contribution in [0.1, 0.15) is 18.2 Å². The summed E-state index contributed by atoms with van der Waals surface area (Å²) < 4.78 is 26.8. The molecule has 0 aromatic carbocycles. The number of hydrogen-bond donors (Lipinski definition) is 2. The van der Waals surface area contributed by atoms with E-state index in [1.54, 1.807) is 17.8 Å². The summed E-state index contributed by atoms with van der Waals surface area (Å²) in [6.07, 6.45) is 3.03. The van der Waals surface area contributed by atoms with Gasteiger partial charge in [-0.25, -0.2) is 13.1 Å². The van der Waals surface area contributed by atoms with Crippen molar-refractivity contribution in [3.63, 3.8) is 0 Å². The summed E-state index contributed by atoms with van der Waals surface area (Å²) in [7, 11) is -3.31. The molecule has 0 unspecified atom stereocenters. The van der Waals surface area contributed by atoms with Crippen molar-refractivity contribution in [1.29, 1.82) is 0 Å². The van der Waals surface area contributed by atoms with E-state index >= 15 is 0 Å². The quantitative estimate of drug-likeness (QED) is 0.684. The van der Waals surface area contributed by atoms with Gasteiger partial charge in [-0.15, -0.1) is 11.3 Å². The number of sulfonamides is 1. The minimum absolute atomic E-state index is 0.400. The van der Waals surface area contributed by atoms with Gasteiger partial charge < -0.3 is 5.32 Å². The van der Waals surface area contributed by atoms with Crippen molar-refractivity contribution in [2.45, 2.75) is 24.1 Å². The molecule has 7 heteroatoms. The third-order valence-corrected chi connectivity index (χ3v) is 5.88. The Labute approximate surface area is 118 Å². The average Bonchev–Trinajstić information content (AvgIpc) is 2.79. The molecule has 0 aliphatic rings. The number of hydrogen-bond acceptors (Lipinski definition) is 5. The minimum Gasteiger partial charge on any atom is -0.312 e. The monoisotopic (exact) mass is 308 g/mol. The fourth-order valence-corrected chi connectivity index (χ4v) is 4.17. The van der Waals surface area contributed by atoms with Crippen LogP contribution in [0.2, 0.25) is 0 Å². The molecular formula is C11H20N2O2S3.